The Balaban J connectivity index is 1.42. The molecule has 3 aliphatic rings. The van der Waals surface area contributed by atoms with Crippen LogP contribution in [0.4, 0.5) is 0 Å². The van der Waals surface area contributed by atoms with Crippen molar-refractivity contribution in [3.05, 3.63) is 35.9 Å². The molecule has 4 rings (SSSR count). The van der Waals surface area contributed by atoms with E-state index in [1.165, 1.54) is 57.3 Å². The Kier molecular flexibility index (Phi) is 3.53. The number of nitrogens with zero attached hydrogens (tertiary/aromatic N) is 1. The van der Waals surface area contributed by atoms with Crippen molar-refractivity contribution in [3.63, 3.8) is 0 Å². The average molecular weight is 270 g/mol. The smallest absolute Gasteiger partial charge is 0.0261 e. The van der Waals surface area contributed by atoms with Crippen LogP contribution >= 0.6 is 0 Å². The molecule has 20 heavy (non-hydrogen) atoms. The number of hydrogen-bond donors (Lipinski definition) is 1. The van der Waals surface area contributed by atoms with E-state index in [0.29, 0.717) is 6.04 Å². The first-order valence-corrected chi connectivity index (χ1v) is 8.40. The van der Waals surface area contributed by atoms with Crippen molar-refractivity contribution in [3.8, 4) is 0 Å². The van der Waals surface area contributed by atoms with Gasteiger partial charge in [-0.15, -0.1) is 0 Å². The molecule has 1 aliphatic heterocycles. The summed E-state index contributed by atoms with van der Waals surface area (Å²) in [7, 11) is 0. The van der Waals surface area contributed by atoms with Crippen LogP contribution in [0.2, 0.25) is 0 Å². The van der Waals surface area contributed by atoms with Crippen LogP contribution in [0.3, 0.4) is 0 Å². The van der Waals surface area contributed by atoms with Crippen molar-refractivity contribution < 1.29 is 0 Å². The lowest BCUT2D eigenvalue weighted by Crippen LogP contribution is -2.58. The zero-order chi connectivity index (χ0) is 13.4. The summed E-state index contributed by atoms with van der Waals surface area (Å²) in [6.45, 7) is 3.82. The molecule has 2 nitrogen and oxygen atoms in total. The summed E-state index contributed by atoms with van der Waals surface area (Å²) < 4.78 is 0. The molecule has 2 atom stereocenters. The van der Waals surface area contributed by atoms with Gasteiger partial charge in [-0.3, -0.25) is 4.90 Å². The molecule has 1 heterocycles. The second kappa shape index (κ2) is 5.50. The third-order valence-electron chi connectivity index (χ3n) is 5.26. The normalized spacial score (nSPS) is 31.4. The standard InChI is InChI=1S/C18H26N2/c1-2-4-14(5-3-1)10-17-11-19-18(16-8-9-16)13-20(17)12-15-6-7-15/h1-5,15-19H,6-13H2. The summed E-state index contributed by atoms with van der Waals surface area (Å²) in [6.07, 6.45) is 7.06. The summed E-state index contributed by atoms with van der Waals surface area (Å²) in [6, 6.07) is 12.5. The van der Waals surface area contributed by atoms with Gasteiger partial charge in [0.25, 0.3) is 0 Å². The van der Waals surface area contributed by atoms with Gasteiger partial charge in [0, 0.05) is 31.7 Å². The number of hydrogen-bond acceptors (Lipinski definition) is 2. The van der Waals surface area contributed by atoms with Gasteiger partial charge in [-0.25, -0.2) is 0 Å². The van der Waals surface area contributed by atoms with E-state index in [9.17, 15) is 0 Å². The Morgan fingerprint density at radius 2 is 1.85 bits per heavy atom. The molecule has 0 aromatic heterocycles. The van der Waals surface area contributed by atoms with Crippen molar-refractivity contribution in [1.82, 2.24) is 10.2 Å². The lowest BCUT2D eigenvalue weighted by molar-refractivity contribution is 0.116. The quantitative estimate of drug-likeness (QED) is 0.885. The minimum Gasteiger partial charge on any atom is -0.311 e. The predicted octanol–water partition coefficient (Wildman–Crippen LogP) is 2.69. The Morgan fingerprint density at radius 1 is 1.05 bits per heavy atom. The molecule has 0 amide bonds. The van der Waals surface area contributed by atoms with Crippen LogP contribution in [0, 0.1) is 11.8 Å². The first-order valence-electron chi connectivity index (χ1n) is 8.40. The molecule has 1 N–H and O–H groups in total. The van der Waals surface area contributed by atoms with Crippen LogP contribution in [0.25, 0.3) is 0 Å². The van der Waals surface area contributed by atoms with Crippen LogP contribution in [-0.2, 0) is 6.42 Å². The molecule has 2 saturated carbocycles. The number of piperazine rings is 1. The molecule has 108 valence electrons. The first kappa shape index (κ1) is 12.8. The Hall–Kier alpha value is -0.860. The van der Waals surface area contributed by atoms with E-state index in [4.69, 9.17) is 0 Å². The molecule has 2 unspecified atom stereocenters. The maximum Gasteiger partial charge on any atom is 0.0261 e. The molecule has 0 bridgehead atoms. The summed E-state index contributed by atoms with van der Waals surface area (Å²) in [5.41, 5.74) is 1.49. The Morgan fingerprint density at radius 3 is 2.55 bits per heavy atom. The summed E-state index contributed by atoms with van der Waals surface area (Å²) >= 11 is 0. The fourth-order valence-corrected chi connectivity index (χ4v) is 3.64. The highest BCUT2D eigenvalue weighted by Gasteiger charge is 2.38. The largest absolute Gasteiger partial charge is 0.311 e. The molecular weight excluding hydrogens is 244 g/mol. The van der Waals surface area contributed by atoms with Gasteiger partial charge in [0.2, 0.25) is 0 Å². The van der Waals surface area contributed by atoms with Crippen molar-refractivity contribution in [1.29, 1.82) is 0 Å². The number of rotatable bonds is 5. The topological polar surface area (TPSA) is 15.3 Å². The van der Waals surface area contributed by atoms with E-state index in [2.05, 4.69) is 40.5 Å². The van der Waals surface area contributed by atoms with Gasteiger partial charge in [-0.2, -0.15) is 0 Å². The lowest BCUT2D eigenvalue weighted by atomic mass is 9.99. The van der Waals surface area contributed by atoms with Crippen LogP contribution in [-0.4, -0.2) is 36.6 Å². The number of benzene rings is 1. The van der Waals surface area contributed by atoms with E-state index in [1.54, 1.807) is 0 Å². The summed E-state index contributed by atoms with van der Waals surface area (Å²) in [5, 5.41) is 3.83. The van der Waals surface area contributed by atoms with Gasteiger partial charge in [-0.1, -0.05) is 30.3 Å². The summed E-state index contributed by atoms with van der Waals surface area (Å²) in [5.74, 6) is 1.99. The van der Waals surface area contributed by atoms with E-state index < -0.39 is 0 Å². The molecular formula is C18H26N2. The molecule has 3 fully saturated rings. The van der Waals surface area contributed by atoms with E-state index in [1.807, 2.05) is 0 Å². The molecule has 1 saturated heterocycles. The SMILES string of the molecule is c1ccc(CC2CNC(C3CC3)CN2CC2CC2)cc1. The monoisotopic (exact) mass is 270 g/mol. The zero-order valence-corrected chi connectivity index (χ0v) is 12.3. The van der Waals surface area contributed by atoms with Crippen LogP contribution in [0.15, 0.2) is 30.3 Å². The third kappa shape index (κ3) is 3.07. The molecule has 0 spiro atoms. The minimum atomic E-state index is 0.702. The van der Waals surface area contributed by atoms with Gasteiger partial charge in [0.05, 0.1) is 0 Å². The second-order valence-electron chi connectivity index (χ2n) is 7.09. The molecule has 1 aromatic rings. The van der Waals surface area contributed by atoms with Gasteiger partial charge in [0.1, 0.15) is 0 Å². The fraction of sp³-hybridized carbons (Fsp3) is 0.667. The first-order chi connectivity index (χ1) is 9.88. The highest BCUT2D eigenvalue weighted by Crippen LogP contribution is 2.36. The van der Waals surface area contributed by atoms with E-state index in [-0.39, 0.29) is 0 Å². The fourth-order valence-electron chi connectivity index (χ4n) is 3.64. The van der Waals surface area contributed by atoms with Gasteiger partial charge in [-0.05, 0) is 49.5 Å². The maximum absolute atomic E-state index is 3.83. The number of nitrogens with one attached hydrogen (secondary N) is 1. The van der Waals surface area contributed by atoms with Gasteiger partial charge < -0.3 is 5.32 Å². The predicted molar refractivity (Wildman–Crippen MR) is 82.7 cm³/mol. The molecule has 1 aromatic carbocycles. The third-order valence-corrected chi connectivity index (χ3v) is 5.26. The van der Waals surface area contributed by atoms with Crippen LogP contribution in [0.1, 0.15) is 31.2 Å². The van der Waals surface area contributed by atoms with Crippen LogP contribution < -0.4 is 5.32 Å². The highest BCUT2D eigenvalue weighted by atomic mass is 15.2. The van der Waals surface area contributed by atoms with E-state index in [0.717, 1.165) is 17.9 Å². The zero-order valence-electron chi connectivity index (χ0n) is 12.3. The van der Waals surface area contributed by atoms with Crippen molar-refractivity contribution in [2.24, 2.45) is 11.8 Å². The van der Waals surface area contributed by atoms with Crippen molar-refractivity contribution in [2.45, 2.75) is 44.2 Å². The van der Waals surface area contributed by atoms with Crippen LogP contribution in [0.5, 0.6) is 0 Å². The Labute approximate surface area is 122 Å². The van der Waals surface area contributed by atoms with Gasteiger partial charge in [0.15, 0.2) is 0 Å². The average Bonchev–Trinajstić information content (AvgIpc) is 3.36. The minimum absolute atomic E-state index is 0.702. The second-order valence-corrected chi connectivity index (χ2v) is 7.09. The Bertz CT molecular complexity index is 436. The van der Waals surface area contributed by atoms with Gasteiger partial charge >= 0.3 is 0 Å². The summed E-state index contributed by atoms with van der Waals surface area (Å²) in [4.78, 5) is 2.81. The molecule has 0 radical (unpaired) electrons. The van der Waals surface area contributed by atoms with E-state index >= 15 is 0 Å². The van der Waals surface area contributed by atoms with Crippen molar-refractivity contribution in [2.75, 3.05) is 19.6 Å². The molecule has 2 heteroatoms. The molecule has 2 aliphatic carbocycles. The van der Waals surface area contributed by atoms with Crippen molar-refractivity contribution >= 4 is 0 Å². The lowest BCUT2D eigenvalue weighted by Gasteiger charge is -2.41. The maximum atomic E-state index is 3.83. The highest BCUT2D eigenvalue weighted by molar-refractivity contribution is 5.16.